The molecule has 0 aromatic heterocycles. The van der Waals surface area contributed by atoms with Crippen molar-refractivity contribution in [1.29, 1.82) is 0 Å². The third kappa shape index (κ3) is 9.30. The first kappa shape index (κ1) is 20.7. The van der Waals surface area contributed by atoms with E-state index in [-0.39, 0.29) is 12.4 Å². The van der Waals surface area contributed by atoms with Crippen LogP contribution >= 0.6 is 12.4 Å². The van der Waals surface area contributed by atoms with E-state index < -0.39 is 8.80 Å². The summed E-state index contributed by atoms with van der Waals surface area (Å²) in [4.78, 5) is 0. The second kappa shape index (κ2) is 12.4. The lowest BCUT2D eigenvalue weighted by Gasteiger charge is -2.28. The average Bonchev–Trinajstić information content (AvgIpc) is 2.25. The molecule has 0 aromatic carbocycles. The van der Waals surface area contributed by atoms with Gasteiger partial charge in [0.2, 0.25) is 0 Å². The molecule has 0 aliphatic carbocycles. The SMILES string of the molecule is CCO[Si](CCCNC(C)C)(OCC)OCC.Cl. The van der Waals surface area contributed by atoms with Gasteiger partial charge in [-0.05, 0) is 33.7 Å². The first-order valence-electron chi connectivity index (χ1n) is 6.75. The van der Waals surface area contributed by atoms with Crippen LogP contribution in [0.1, 0.15) is 41.0 Å². The van der Waals surface area contributed by atoms with Crippen molar-refractivity contribution in [3.63, 3.8) is 0 Å². The Morgan fingerprint density at radius 1 is 0.944 bits per heavy atom. The van der Waals surface area contributed by atoms with Gasteiger partial charge in [0.15, 0.2) is 0 Å². The monoisotopic (exact) mass is 299 g/mol. The van der Waals surface area contributed by atoms with Crippen LogP contribution in [0.3, 0.4) is 0 Å². The summed E-state index contributed by atoms with van der Waals surface area (Å²) in [5.41, 5.74) is 0. The van der Waals surface area contributed by atoms with Crippen molar-refractivity contribution in [3.8, 4) is 0 Å². The maximum Gasteiger partial charge on any atom is 0.500 e. The van der Waals surface area contributed by atoms with Crippen LogP contribution < -0.4 is 5.32 Å². The summed E-state index contributed by atoms with van der Waals surface area (Å²) in [5, 5.41) is 3.40. The fraction of sp³-hybridized carbons (Fsp3) is 1.00. The highest BCUT2D eigenvalue weighted by Crippen LogP contribution is 2.17. The lowest BCUT2D eigenvalue weighted by Crippen LogP contribution is -2.46. The van der Waals surface area contributed by atoms with E-state index in [1.807, 2.05) is 20.8 Å². The predicted molar refractivity (Wildman–Crippen MR) is 80.4 cm³/mol. The highest BCUT2D eigenvalue weighted by Gasteiger charge is 2.39. The summed E-state index contributed by atoms with van der Waals surface area (Å²) < 4.78 is 17.4. The van der Waals surface area contributed by atoms with Crippen LogP contribution in [0.2, 0.25) is 6.04 Å². The van der Waals surface area contributed by atoms with Crippen molar-refractivity contribution in [2.24, 2.45) is 0 Å². The van der Waals surface area contributed by atoms with Crippen molar-refractivity contribution >= 4 is 21.2 Å². The zero-order valence-electron chi connectivity index (χ0n) is 12.5. The molecule has 0 rings (SSSR count). The summed E-state index contributed by atoms with van der Waals surface area (Å²) in [6.45, 7) is 13.2. The van der Waals surface area contributed by atoms with Gasteiger partial charge in [-0.25, -0.2) is 0 Å². The van der Waals surface area contributed by atoms with E-state index in [1.165, 1.54) is 0 Å². The van der Waals surface area contributed by atoms with Crippen LogP contribution in [0, 0.1) is 0 Å². The van der Waals surface area contributed by atoms with Gasteiger partial charge in [0, 0.05) is 31.9 Å². The molecule has 0 aliphatic rings. The molecule has 0 radical (unpaired) electrons. The molecule has 0 bridgehead atoms. The number of nitrogens with one attached hydrogen (secondary N) is 1. The molecule has 0 aromatic rings. The molecule has 0 unspecified atom stereocenters. The van der Waals surface area contributed by atoms with Crippen LogP contribution in [0.25, 0.3) is 0 Å². The van der Waals surface area contributed by atoms with E-state index in [2.05, 4.69) is 19.2 Å². The fourth-order valence-electron chi connectivity index (χ4n) is 1.70. The van der Waals surface area contributed by atoms with Gasteiger partial charge in [0.05, 0.1) is 0 Å². The molecule has 0 amide bonds. The average molecular weight is 300 g/mol. The third-order valence-corrected chi connectivity index (χ3v) is 5.46. The van der Waals surface area contributed by atoms with Crippen molar-refractivity contribution < 1.29 is 13.3 Å². The first-order valence-corrected chi connectivity index (χ1v) is 8.68. The lowest BCUT2D eigenvalue weighted by atomic mass is 10.4. The lowest BCUT2D eigenvalue weighted by molar-refractivity contribution is 0.0708. The Hall–Kier alpha value is 0.347. The molecule has 0 spiro atoms. The van der Waals surface area contributed by atoms with Crippen molar-refractivity contribution in [2.45, 2.75) is 53.1 Å². The van der Waals surface area contributed by atoms with Gasteiger partial charge in [-0.2, -0.15) is 0 Å². The predicted octanol–water partition coefficient (Wildman–Crippen LogP) is 2.84. The molecule has 1 N–H and O–H groups in total. The van der Waals surface area contributed by atoms with Crippen LogP contribution in [0.5, 0.6) is 0 Å². The van der Waals surface area contributed by atoms with E-state index in [1.54, 1.807) is 0 Å². The minimum atomic E-state index is -2.41. The standard InChI is InChI=1S/C12H29NO3Si.ClH/c1-6-14-17(15-7-2,16-8-3)11-9-10-13-12(4)5;/h12-13H,6-11H2,1-5H3;1H. The van der Waals surface area contributed by atoms with E-state index in [0.717, 1.165) is 19.0 Å². The van der Waals surface area contributed by atoms with Gasteiger partial charge in [-0.3, -0.25) is 0 Å². The fourth-order valence-corrected chi connectivity index (χ4v) is 4.31. The van der Waals surface area contributed by atoms with Gasteiger partial charge in [-0.15, -0.1) is 12.4 Å². The maximum absolute atomic E-state index is 5.78. The summed E-state index contributed by atoms with van der Waals surface area (Å²) in [6, 6.07) is 1.42. The Morgan fingerprint density at radius 2 is 1.39 bits per heavy atom. The molecular weight excluding hydrogens is 270 g/mol. The molecule has 112 valence electrons. The van der Waals surface area contributed by atoms with E-state index in [4.69, 9.17) is 13.3 Å². The van der Waals surface area contributed by atoms with Crippen LogP contribution in [0.4, 0.5) is 0 Å². The highest BCUT2D eigenvalue weighted by atomic mass is 35.5. The van der Waals surface area contributed by atoms with E-state index in [9.17, 15) is 0 Å². The Balaban J connectivity index is 0. The van der Waals surface area contributed by atoms with Crippen molar-refractivity contribution in [3.05, 3.63) is 0 Å². The van der Waals surface area contributed by atoms with Crippen molar-refractivity contribution in [2.75, 3.05) is 26.4 Å². The molecule has 0 heterocycles. The number of halogens is 1. The molecular formula is C12H30ClNO3Si. The smallest absolute Gasteiger partial charge is 0.374 e. The Labute approximate surface area is 120 Å². The summed E-state index contributed by atoms with van der Waals surface area (Å²) >= 11 is 0. The molecule has 0 saturated carbocycles. The topological polar surface area (TPSA) is 39.7 Å². The van der Waals surface area contributed by atoms with Gasteiger partial charge < -0.3 is 18.6 Å². The summed E-state index contributed by atoms with van der Waals surface area (Å²) in [6.07, 6.45) is 1.03. The van der Waals surface area contributed by atoms with Gasteiger partial charge in [0.1, 0.15) is 0 Å². The molecule has 0 aliphatic heterocycles. The summed E-state index contributed by atoms with van der Waals surface area (Å²) in [5.74, 6) is 0. The molecule has 0 fully saturated rings. The maximum atomic E-state index is 5.78. The number of hydrogen-bond donors (Lipinski definition) is 1. The number of hydrogen-bond acceptors (Lipinski definition) is 4. The first-order chi connectivity index (χ1) is 8.10. The largest absolute Gasteiger partial charge is 0.500 e. The quantitative estimate of drug-likeness (QED) is 0.470. The van der Waals surface area contributed by atoms with Crippen LogP contribution in [0.15, 0.2) is 0 Å². The second-order valence-corrected chi connectivity index (χ2v) is 6.93. The molecule has 0 saturated heterocycles. The normalized spacial score (nSPS) is 11.7. The van der Waals surface area contributed by atoms with Gasteiger partial charge >= 0.3 is 8.80 Å². The highest BCUT2D eigenvalue weighted by molar-refractivity contribution is 6.60. The summed E-state index contributed by atoms with van der Waals surface area (Å²) in [7, 11) is -2.41. The minimum absolute atomic E-state index is 0. The van der Waals surface area contributed by atoms with E-state index >= 15 is 0 Å². The zero-order valence-corrected chi connectivity index (χ0v) is 14.3. The molecule has 4 nitrogen and oxygen atoms in total. The second-order valence-electron chi connectivity index (χ2n) is 4.19. The van der Waals surface area contributed by atoms with Gasteiger partial charge in [0.25, 0.3) is 0 Å². The molecule has 18 heavy (non-hydrogen) atoms. The third-order valence-electron chi connectivity index (χ3n) is 2.31. The Morgan fingerprint density at radius 3 is 1.72 bits per heavy atom. The molecule has 0 atom stereocenters. The van der Waals surface area contributed by atoms with Gasteiger partial charge in [-0.1, -0.05) is 13.8 Å². The minimum Gasteiger partial charge on any atom is -0.374 e. The zero-order chi connectivity index (χ0) is 13.1. The Kier molecular flexibility index (Phi) is 14.2. The Bertz CT molecular complexity index is 168. The molecule has 6 heteroatoms. The van der Waals surface area contributed by atoms with Crippen LogP contribution in [-0.2, 0) is 13.3 Å². The van der Waals surface area contributed by atoms with Crippen molar-refractivity contribution in [1.82, 2.24) is 5.32 Å². The number of rotatable bonds is 11. The van der Waals surface area contributed by atoms with Crippen LogP contribution in [-0.4, -0.2) is 41.2 Å². The van der Waals surface area contributed by atoms with E-state index in [0.29, 0.717) is 25.9 Å².